The quantitative estimate of drug-likeness (QED) is 0.884. The van der Waals surface area contributed by atoms with Crippen LogP contribution in [0.15, 0.2) is 47.8 Å². The molecular formula is C18H23N3OS. The Bertz CT molecular complexity index is 629. The zero-order chi connectivity index (χ0) is 16.2. The number of hydrogen-bond donors (Lipinski definition) is 2. The first-order valence-corrected chi connectivity index (χ1v) is 8.88. The Morgan fingerprint density at radius 3 is 2.78 bits per heavy atom. The van der Waals surface area contributed by atoms with E-state index in [4.69, 9.17) is 5.73 Å². The van der Waals surface area contributed by atoms with Crippen molar-refractivity contribution in [1.82, 2.24) is 10.2 Å². The monoisotopic (exact) mass is 329 g/mol. The van der Waals surface area contributed by atoms with Crippen LogP contribution in [0.2, 0.25) is 0 Å². The van der Waals surface area contributed by atoms with Crippen LogP contribution in [-0.2, 0) is 11.3 Å². The van der Waals surface area contributed by atoms with Gasteiger partial charge in [-0.1, -0.05) is 36.4 Å². The summed E-state index contributed by atoms with van der Waals surface area (Å²) >= 11 is 1.66. The van der Waals surface area contributed by atoms with Gasteiger partial charge in [-0.3, -0.25) is 9.69 Å². The molecule has 1 unspecified atom stereocenters. The molecule has 0 saturated carbocycles. The summed E-state index contributed by atoms with van der Waals surface area (Å²) in [6.45, 7) is 4.15. The predicted molar refractivity (Wildman–Crippen MR) is 94.4 cm³/mol. The van der Waals surface area contributed by atoms with E-state index in [1.807, 2.05) is 42.6 Å². The van der Waals surface area contributed by atoms with Crippen molar-refractivity contribution in [3.8, 4) is 0 Å². The number of amides is 1. The van der Waals surface area contributed by atoms with Crippen molar-refractivity contribution < 1.29 is 4.79 Å². The Labute approximate surface area is 141 Å². The summed E-state index contributed by atoms with van der Waals surface area (Å²) in [5, 5.41) is 5.04. The maximum absolute atomic E-state index is 12.4. The number of nitrogens with zero attached hydrogens (tertiary/aromatic N) is 1. The van der Waals surface area contributed by atoms with Crippen LogP contribution in [0.5, 0.6) is 0 Å². The molecule has 1 aromatic carbocycles. The Balaban J connectivity index is 1.57. The highest BCUT2D eigenvalue weighted by atomic mass is 32.1. The van der Waals surface area contributed by atoms with Gasteiger partial charge >= 0.3 is 0 Å². The van der Waals surface area contributed by atoms with Crippen LogP contribution in [0.25, 0.3) is 0 Å². The molecule has 2 aromatic rings. The highest BCUT2D eigenvalue weighted by Crippen LogP contribution is 2.27. The molecule has 0 radical (unpaired) electrons. The zero-order valence-corrected chi connectivity index (χ0v) is 14.1. The fraction of sp³-hybridized carbons (Fsp3) is 0.389. The fourth-order valence-corrected chi connectivity index (χ4v) is 3.78. The lowest BCUT2D eigenvalue weighted by Gasteiger charge is -2.23. The minimum absolute atomic E-state index is 0.0688. The van der Waals surface area contributed by atoms with Crippen LogP contribution >= 0.6 is 11.3 Å². The zero-order valence-electron chi connectivity index (χ0n) is 13.3. The molecule has 3 rings (SSSR count). The van der Waals surface area contributed by atoms with Gasteiger partial charge in [0.1, 0.15) is 0 Å². The maximum atomic E-state index is 12.4. The minimum atomic E-state index is -0.158. The second-order valence-electron chi connectivity index (χ2n) is 6.11. The van der Waals surface area contributed by atoms with Gasteiger partial charge in [-0.15, -0.1) is 11.3 Å². The summed E-state index contributed by atoms with van der Waals surface area (Å²) in [6, 6.07) is 14.3. The summed E-state index contributed by atoms with van der Waals surface area (Å²) in [6.07, 6.45) is 0. The number of nitrogens with one attached hydrogen (secondary N) is 1. The third-order valence-corrected chi connectivity index (χ3v) is 5.44. The first kappa shape index (κ1) is 16.2. The van der Waals surface area contributed by atoms with E-state index in [0.29, 0.717) is 12.5 Å². The van der Waals surface area contributed by atoms with Gasteiger partial charge in [0.25, 0.3) is 0 Å². The van der Waals surface area contributed by atoms with Crippen molar-refractivity contribution in [2.24, 2.45) is 5.73 Å². The highest BCUT2D eigenvalue weighted by Gasteiger charge is 2.35. The standard InChI is InChI=1S/C18H23N3OS/c1-13(18(22)20-10-15-8-5-9-23-15)21-11-16(17(19)12-21)14-6-3-2-4-7-14/h2-9,13,16-17H,10-12,19H2,1H3,(H,20,22)/t13?,16-,17+/m0/s1. The van der Waals surface area contributed by atoms with E-state index in [1.54, 1.807) is 11.3 Å². The molecule has 5 heteroatoms. The molecule has 1 aliphatic rings. The van der Waals surface area contributed by atoms with Gasteiger partial charge in [0, 0.05) is 29.9 Å². The predicted octanol–water partition coefficient (Wildman–Crippen LogP) is 2.18. The van der Waals surface area contributed by atoms with Gasteiger partial charge < -0.3 is 11.1 Å². The number of likely N-dealkylation sites (tertiary alicyclic amines) is 1. The molecule has 2 heterocycles. The summed E-state index contributed by atoms with van der Waals surface area (Å²) in [7, 11) is 0. The third kappa shape index (κ3) is 3.80. The van der Waals surface area contributed by atoms with Gasteiger partial charge in [-0.25, -0.2) is 0 Å². The largest absolute Gasteiger partial charge is 0.350 e. The van der Waals surface area contributed by atoms with E-state index in [9.17, 15) is 4.79 Å². The Kier molecular flexibility index (Phi) is 5.10. The van der Waals surface area contributed by atoms with Crippen LogP contribution in [0.4, 0.5) is 0 Å². The lowest BCUT2D eigenvalue weighted by atomic mass is 9.95. The van der Waals surface area contributed by atoms with Crippen LogP contribution in [0.1, 0.15) is 23.3 Å². The van der Waals surface area contributed by atoms with Crippen molar-refractivity contribution in [3.63, 3.8) is 0 Å². The number of carbonyl (C=O) groups is 1. The molecular weight excluding hydrogens is 306 g/mol. The molecule has 3 N–H and O–H groups in total. The molecule has 0 aliphatic carbocycles. The Morgan fingerprint density at radius 1 is 1.30 bits per heavy atom. The van der Waals surface area contributed by atoms with Crippen molar-refractivity contribution in [1.29, 1.82) is 0 Å². The molecule has 1 aromatic heterocycles. The second kappa shape index (κ2) is 7.25. The fourth-order valence-electron chi connectivity index (χ4n) is 3.13. The SMILES string of the molecule is CC(C(=O)NCc1cccs1)N1C[C@@H](N)[C@H](c2ccccc2)C1. The highest BCUT2D eigenvalue weighted by molar-refractivity contribution is 7.09. The average molecular weight is 329 g/mol. The lowest BCUT2D eigenvalue weighted by Crippen LogP contribution is -2.44. The molecule has 1 amide bonds. The third-order valence-electron chi connectivity index (χ3n) is 4.57. The summed E-state index contributed by atoms with van der Waals surface area (Å²) in [4.78, 5) is 15.7. The van der Waals surface area contributed by atoms with Gasteiger partial charge in [-0.05, 0) is 23.9 Å². The molecule has 1 aliphatic heterocycles. The molecule has 1 saturated heterocycles. The smallest absolute Gasteiger partial charge is 0.237 e. The molecule has 0 bridgehead atoms. The summed E-state index contributed by atoms with van der Waals surface area (Å²) < 4.78 is 0. The number of nitrogens with two attached hydrogens (primary N) is 1. The van der Waals surface area contributed by atoms with Gasteiger partial charge in [-0.2, -0.15) is 0 Å². The summed E-state index contributed by atoms with van der Waals surface area (Å²) in [5.41, 5.74) is 7.58. The van der Waals surface area contributed by atoms with E-state index in [2.05, 4.69) is 22.3 Å². The van der Waals surface area contributed by atoms with Crippen LogP contribution < -0.4 is 11.1 Å². The second-order valence-corrected chi connectivity index (χ2v) is 7.14. The van der Waals surface area contributed by atoms with E-state index in [0.717, 1.165) is 13.1 Å². The number of rotatable bonds is 5. The Hall–Kier alpha value is -1.69. The first-order valence-electron chi connectivity index (χ1n) is 8.00. The molecule has 0 spiro atoms. The average Bonchev–Trinajstić information content (AvgIpc) is 3.22. The maximum Gasteiger partial charge on any atom is 0.237 e. The van der Waals surface area contributed by atoms with Crippen LogP contribution in [0, 0.1) is 0 Å². The lowest BCUT2D eigenvalue weighted by molar-refractivity contribution is -0.125. The molecule has 23 heavy (non-hydrogen) atoms. The normalized spacial score (nSPS) is 22.9. The summed E-state index contributed by atoms with van der Waals surface area (Å²) in [5.74, 6) is 0.364. The van der Waals surface area contributed by atoms with Crippen molar-refractivity contribution in [3.05, 3.63) is 58.3 Å². The van der Waals surface area contributed by atoms with Crippen molar-refractivity contribution in [2.45, 2.75) is 31.5 Å². The number of carbonyl (C=O) groups excluding carboxylic acids is 1. The first-order chi connectivity index (χ1) is 11.1. The van der Waals surface area contributed by atoms with E-state index in [-0.39, 0.29) is 18.0 Å². The molecule has 122 valence electrons. The van der Waals surface area contributed by atoms with E-state index >= 15 is 0 Å². The molecule has 1 fully saturated rings. The number of thiophene rings is 1. The van der Waals surface area contributed by atoms with Crippen LogP contribution in [0.3, 0.4) is 0 Å². The van der Waals surface area contributed by atoms with Crippen molar-refractivity contribution >= 4 is 17.2 Å². The minimum Gasteiger partial charge on any atom is -0.350 e. The number of benzene rings is 1. The van der Waals surface area contributed by atoms with Gasteiger partial charge in [0.2, 0.25) is 5.91 Å². The topological polar surface area (TPSA) is 58.4 Å². The molecule has 3 atom stereocenters. The number of hydrogen-bond acceptors (Lipinski definition) is 4. The van der Waals surface area contributed by atoms with Crippen LogP contribution in [-0.4, -0.2) is 36.0 Å². The Morgan fingerprint density at radius 2 is 2.09 bits per heavy atom. The van der Waals surface area contributed by atoms with E-state index in [1.165, 1.54) is 10.4 Å². The van der Waals surface area contributed by atoms with Crippen molar-refractivity contribution in [2.75, 3.05) is 13.1 Å². The molecule has 4 nitrogen and oxygen atoms in total. The van der Waals surface area contributed by atoms with Gasteiger partial charge in [0.15, 0.2) is 0 Å². The van der Waals surface area contributed by atoms with E-state index < -0.39 is 0 Å². The van der Waals surface area contributed by atoms with Gasteiger partial charge in [0.05, 0.1) is 12.6 Å².